The molecule has 0 bridgehead atoms. The highest BCUT2D eigenvalue weighted by Crippen LogP contribution is 2.16. The zero-order valence-corrected chi connectivity index (χ0v) is 12.3. The van der Waals surface area contributed by atoms with E-state index in [4.69, 9.17) is 0 Å². The molecule has 0 N–H and O–H groups in total. The molecule has 0 saturated heterocycles. The third kappa shape index (κ3) is 7.80. The number of allylic oxidation sites excluding steroid dienone is 2. The maximum atomic E-state index is 2.59. The molecule has 0 aromatic heterocycles. The quantitative estimate of drug-likeness (QED) is 0.447. The first-order valence-electron chi connectivity index (χ1n) is 6.39. The fourth-order valence-electron chi connectivity index (χ4n) is 1.74. The van der Waals surface area contributed by atoms with Gasteiger partial charge in [0.15, 0.2) is 0 Å². The fraction of sp³-hybridized carbons (Fsp3) is 0.846. The standard InChI is InChI=1S/C13H29NSi/c1-6-9-12-15(4,5)13-11-14(8-3)10-7-2/h6,9H,7-8,10-13H2,1-5H3. The number of hydrogen-bond acceptors (Lipinski definition) is 1. The Morgan fingerprint density at radius 3 is 2.27 bits per heavy atom. The molecule has 0 amide bonds. The average molecular weight is 227 g/mol. The average Bonchev–Trinajstić information content (AvgIpc) is 2.21. The molecular formula is C13H29NSi. The first-order valence-corrected chi connectivity index (χ1v) is 9.80. The second-order valence-electron chi connectivity index (χ2n) is 5.12. The van der Waals surface area contributed by atoms with Crippen LogP contribution in [0.2, 0.25) is 25.2 Å². The zero-order chi connectivity index (χ0) is 11.7. The molecule has 2 heteroatoms. The summed E-state index contributed by atoms with van der Waals surface area (Å²) in [4.78, 5) is 2.59. The molecule has 0 aliphatic carbocycles. The monoisotopic (exact) mass is 227 g/mol. The SMILES string of the molecule is CC=CC[Si](C)(C)CCN(CC)CCC. The molecule has 0 atom stereocenters. The predicted octanol–water partition coefficient (Wildman–Crippen LogP) is 4.00. The molecule has 0 aliphatic rings. The summed E-state index contributed by atoms with van der Waals surface area (Å²) in [5.74, 6) is 0. The van der Waals surface area contributed by atoms with Crippen LogP contribution in [0.1, 0.15) is 27.2 Å². The van der Waals surface area contributed by atoms with Gasteiger partial charge in [0.2, 0.25) is 0 Å². The molecule has 0 aliphatic heterocycles. The van der Waals surface area contributed by atoms with E-state index >= 15 is 0 Å². The summed E-state index contributed by atoms with van der Waals surface area (Å²) in [5.41, 5.74) is 0. The lowest BCUT2D eigenvalue weighted by Gasteiger charge is -2.26. The third-order valence-corrected chi connectivity index (χ3v) is 5.92. The number of hydrogen-bond donors (Lipinski definition) is 0. The smallest absolute Gasteiger partial charge is 0.0523 e. The lowest BCUT2D eigenvalue weighted by Crippen LogP contribution is -2.33. The molecule has 0 fully saturated rings. The van der Waals surface area contributed by atoms with Crippen LogP contribution in [0.3, 0.4) is 0 Å². The van der Waals surface area contributed by atoms with E-state index in [9.17, 15) is 0 Å². The van der Waals surface area contributed by atoms with E-state index in [1.54, 1.807) is 0 Å². The van der Waals surface area contributed by atoms with Crippen LogP contribution in [0.15, 0.2) is 12.2 Å². The van der Waals surface area contributed by atoms with Crippen LogP contribution in [0.25, 0.3) is 0 Å². The Labute approximate surface area is 97.6 Å². The van der Waals surface area contributed by atoms with Gasteiger partial charge in [-0.2, -0.15) is 0 Å². The maximum absolute atomic E-state index is 2.59. The Morgan fingerprint density at radius 2 is 1.80 bits per heavy atom. The highest BCUT2D eigenvalue weighted by Gasteiger charge is 2.19. The molecule has 0 spiro atoms. The molecule has 1 nitrogen and oxygen atoms in total. The second-order valence-corrected chi connectivity index (χ2v) is 10.4. The van der Waals surface area contributed by atoms with E-state index < -0.39 is 8.07 Å². The van der Waals surface area contributed by atoms with Crippen molar-refractivity contribution < 1.29 is 0 Å². The molecule has 0 aromatic carbocycles. The first-order chi connectivity index (χ1) is 7.05. The Balaban J connectivity index is 3.88. The maximum Gasteiger partial charge on any atom is 0.0523 e. The van der Waals surface area contributed by atoms with Crippen LogP contribution in [0.4, 0.5) is 0 Å². The summed E-state index contributed by atoms with van der Waals surface area (Å²) in [6.07, 6.45) is 5.82. The van der Waals surface area contributed by atoms with Crippen LogP contribution in [0, 0.1) is 0 Å². The van der Waals surface area contributed by atoms with E-state index in [1.165, 1.54) is 38.1 Å². The summed E-state index contributed by atoms with van der Waals surface area (Å²) < 4.78 is 0. The van der Waals surface area contributed by atoms with Gasteiger partial charge in [-0.05, 0) is 45.1 Å². The van der Waals surface area contributed by atoms with Gasteiger partial charge in [0.1, 0.15) is 0 Å². The minimum atomic E-state index is -0.961. The lowest BCUT2D eigenvalue weighted by atomic mass is 10.4. The van der Waals surface area contributed by atoms with E-state index in [1.807, 2.05) is 0 Å². The van der Waals surface area contributed by atoms with Gasteiger partial charge in [-0.15, -0.1) is 0 Å². The van der Waals surface area contributed by atoms with Crippen LogP contribution in [-0.2, 0) is 0 Å². The number of nitrogens with zero attached hydrogens (tertiary/aromatic N) is 1. The molecule has 0 aromatic rings. The lowest BCUT2D eigenvalue weighted by molar-refractivity contribution is 0.303. The van der Waals surface area contributed by atoms with Crippen molar-refractivity contribution in [1.82, 2.24) is 4.90 Å². The highest BCUT2D eigenvalue weighted by molar-refractivity contribution is 6.77. The summed E-state index contributed by atoms with van der Waals surface area (Å²) in [6.45, 7) is 15.5. The Kier molecular flexibility index (Phi) is 8.07. The van der Waals surface area contributed by atoms with Crippen molar-refractivity contribution in [3.8, 4) is 0 Å². The number of rotatable bonds is 8. The normalized spacial score (nSPS) is 12.9. The fourth-order valence-corrected chi connectivity index (χ4v) is 3.74. The molecule has 0 unspecified atom stereocenters. The second kappa shape index (κ2) is 8.11. The summed E-state index contributed by atoms with van der Waals surface area (Å²) in [5, 5.41) is 0. The van der Waals surface area contributed by atoms with Gasteiger partial charge in [0.05, 0.1) is 8.07 Å². The molecule has 15 heavy (non-hydrogen) atoms. The van der Waals surface area contributed by atoms with E-state index in [0.29, 0.717) is 0 Å². The van der Waals surface area contributed by atoms with Crippen LogP contribution < -0.4 is 0 Å². The topological polar surface area (TPSA) is 3.24 Å². The summed E-state index contributed by atoms with van der Waals surface area (Å²) >= 11 is 0. The molecule has 0 heterocycles. The first kappa shape index (κ1) is 14.9. The van der Waals surface area contributed by atoms with E-state index in [2.05, 4.69) is 50.9 Å². The van der Waals surface area contributed by atoms with Gasteiger partial charge in [-0.1, -0.05) is 39.1 Å². The zero-order valence-electron chi connectivity index (χ0n) is 11.3. The largest absolute Gasteiger partial charge is 0.304 e. The Bertz CT molecular complexity index is 175. The Morgan fingerprint density at radius 1 is 1.13 bits per heavy atom. The Hall–Kier alpha value is -0.0831. The van der Waals surface area contributed by atoms with Gasteiger partial charge in [-0.3, -0.25) is 0 Å². The minimum absolute atomic E-state index is 0.961. The van der Waals surface area contributed by atoms with Crippen molar-refractivity contribution in [3.05, 3.63) is 12.2 Å². The van der Waals surface area contributed by atoms with Crippen molar-refractivity contribution in [1.29, 1.82) is 0 Å². The van der Waals surface area contributed by atoms with Gasteiger partial charge in [0.25, 0.3) is 0 Å². The third-order valence-electron chi connectivity index (χ3n) is 3.00. The van der Waals surface area contributed by atoms with Gasteiger partial charge in [0, 0.05) is 0 Å². The van der Waals surface area contributed by atoms with Crippen molar-refractivity contribution in [2.24, 2.45) is 0 Å². The van der Waals surface area contributed by atoms with Crippen molar-refractivity contribution >= 4 is 8.07 Å². The molecule has 0 radical (unpaired) electrons. The van der Waals surface area contributed by atoms with E-state index in [0.717, 1.165) is 0 Å². The van der Waals surface area contributed by atoms with Gasteiger partial charge < -0.3 is 4.90 Å². The molecular weight excluding hydrogens is 198 g/mol. The van der Waals surface area contributed by atoms with Crippen molar-refractivity contribution in [2.75, 3.05) is 19.6 Å². The molecule has 0 rings (SSSR count). The predicted molar refractivity (Wildman–Crippen MR) is 74.3 cm³/mol. The summed E-state index contributed by atoms with van der Waals surface area (Å²) in [6, 6.07) is 2.78. The van der Waals surface area contributed by atoms with Crippen molar-refractivity contribution in [3.63, 3.8) is 0 Å². The van der Waals surface area contributed by atoms with Gasteiger partial charge in [-0.25, -0.2) is 0 Å². The summed E-state index contributed by atoms with van der Waals surface area (Å²) in [7, 11) is -0.961. The minimum Gasteiger partial charge on any atom is -0.304 e. The molecule has 0 saturated carbocycles. The van der Waals surface area contributed by atoms with Crippen LogP contribution in [0.5, 0.6) is 0 Å². The highest BCUT2D eigenvalue weighted by atomic mass is 28.3. The van der Waals surface area contributed by atoms with Gasteiger partial charge >= 0.3 is 0 Å². The molecule has 90 valence electrons. The van der Waals surface area contributed by atoms with Crippen LogP contribution >= 0.6 is 0 Å². The van der Waals surface area contributed by atoms with E-state index in [-0.39, 0.29) is 0 Å². The van der Waals surface area contributed by atoms with Crippen LogP contribution in [-0.4, -0.2) is 32.6 Å². The van der Waals surface area contributed by atoms with Crippen molar-refractivity contribution in [2.45, 2.75) is 52.4 Å².